The number of rotatable bonds is 5. The first-order valence-electron chi connectivity index (χ1n) is 7.82. The number of methoxy groups -OCH3 is 1. The maximum atomic E-state index is 12.8. The number of aromatic amines is 1. The molecule has 0 saturated carbocycles. The summed E-state index contributed by atoms with van der Waals surface area (Å²) in [5.74, 6) is 0.437. The van der Waals surface area contributed by atoms with Crippen molar-refractivity contribution in [2.24, 2.45) is 0 Å². The van der Waals surface area contributed by atoms with Crippen molar-refractivity contribution in [3.8, 4) is 16.9 Å². The average molecular weight is 334 g/mol. The van der Waals surface area contributed by atoms with Crippen molar-refractivity contribution in [3.63, 3.8) is 0 Å². The first kappa shape index (κ1) is 16.5. The number of aromatic nitrogens is 1. The molecule has 0 fully saturated rings. The van der Waals surface area contributed by atoms with Gasteiger partial charge in [-0.25, -0.2) is 0 Å². The maximum absolute atomic E-state index is 12.8. The number of anilines is 1. The van der Waals surface area contributed by atoms with E-state index in [1.165, 1.54) is 6.92 Å². The molecule has 1 amide bonds. The Balaban J connectivity index is 1.92. The Morgan fingerprint density at radius 2 is 1.80 bits per heavy atom. The molecule has 0 aliphatic rings. The number of carbonyl (C=O) groups is 2. The fourth-order valence-electron chi connectivity index (χ4n) is 2.65. The zero-order valence-electron chi connectivity index (χ0n) is 14.0. The van der Waals surface area contributed by atoms with Crippen LogP contribution in [0, 0.1) is 0 Å². The van der Waals surface area contributed by atoms with E-state index in [1.807, 2.05) is 24.3 Å². The molecule has 0 aliphatic heterocycles. The second-order valence-electron chi connectivity index (χ2n) is 5.60. The van der Waals surface area contributed by atoms with Crippen molar-refractivity contribution in [1.29, 1.82) is 0 Å². The molecule has 1 heterocycles. The van der Waals surface area contributed by atoms with E-state index in [2.05, 4.69) is 10.3 Å². The van der Waals surface area contributed by atoms with E-state index in [-0.39, 0.29) is 11.7 Å². The molecule has 5 nitrogen and oxygen atoms in total. The molecule has 0 saturated heterocycles. The number of hydrogen-bond donors (Lipinski definition) is 2. The number of ketones is 1. The van der Waals surface area contributed by atoms with Gasteiger partial charge < -0.3 is 15.0 Å². The minimum atomic E-state index is -0.122. The van der Waals surface area contributed by atoms with Gasteiger partial charge in [0.25, 0.3) is 0 Å². The number of nitrogens with one attached hydrogen (secondary N) is 2. The topological polar surface area (TPSA) is 71.2 Å². The zero-order valence-corrected chi connectivity index (χ0v) is 14.0. The van der Waals surface area contributed by atoms with Crippen LogP contribution in [0.2, 0.25) is 0 Å². The third kappa shape index (κ3) is 3.61. The summed E-state index contributed by atoms with van der Waals surface area (Å²) in [5.41, 5.74) is 3.56. The Kier molecular flexibility index (Phi) is 4.66. The third-order valence-electron chi connectivity index (χ3n) is 3.84. The van der Waals surface area contributed by atoms with Gasteiger partial charge in [-0.05, 0) is 29.8 Å². The van der Waals surface area contributed by atoms with Gasteiger partial charge in [-0.15, -0.1) is 0 Å². The number of carbonyl (C=O) groups excluding carboxylic acids is 2. The molecule has 3 aromatic rings. The molecule has 3 rings (SSSR count). The standard InChI is InChI=1S/C20H18N2O3/c1-13(23)22-16-8-6-14(7-9-16)18-11-21-12-19(18)20(24)15-4-3-5-17(10-15)25-2/h3-12,21H,1-2H3,(H,22,23). The zero-order chi connectivity index (χ0) is 17.8. The number of benzene rings is 2. The number of H-pyrrole nitrogens is 1. The number of hydrogen-bond acceptors (Lipinski definition) is 3. The fraction of sp³-hybridized carbons (Fsp3) is 0.100. The van der Waals surface area contributed by atoms with Crippen LogP contribution in [0.15, 0.2) is 60.9 Å². The highest BCUT2D eigenvalue weighted by molar-refractivity contribution is 6.13. The SMILES string of the molecule is COc1cccc(C(=O)c2c[nH]cc2-c2ccc(NC(C)=O)cc2)c1. The van der Waals surface area contributed by atoms with Crippen LogP contribution < -0.4 is 10.1 Å². The second-order valence-corrected chi connectivity index (χ2v) is 5.60. The molecule has 5 heteroatoms. The van der Waals surface area contributed by atoms with Gasteiger partial charge in [-0.1, -0.05) is 24.3 Å². The van der Waals surface area contributed by atoms with E-state index in [0.717, 1.165) is 11.1 Å². The summed E-state index contributed by atoms with van der Waals surface area (Å²) in [6, 6.07) is 14.4. The highest BCUT2D eigenvalue weighted by Crippen LogP contribution is 2.27. The first-order valence-corrected chi connectivity index (χ1v) is 7.82. The second kappa shape index (κ2) is 7.05. The van der Waals surface area contributed by atoms with E-state index in [1.54, 1.807) is 43.8 Å². The summed E-state index contributed by atoms with van der Waals surface area (Å²) in [6.45, 7) is 1.46. The van der Waals surface area contributed by atoms with E-state index < -0.39 is 0 Å². The molecule has 0 atom stereocenters. The van der Waals surface area contributed by atoms with Crippen molar-refractivity contribution in [2.45, 2.75) is 6.92 Å². The van der Waals surface area contributed by atoms with Crippen LogP contribution in [0.1, 0.15) is 22.8 Å². The molecular weight excluding hydrogens is 316 g/mol. The monoisotopic (exact) mass is 334 g/mol. The van der Waals surface area contributed by atoms with Gasteiger partial charge in [0.2, 0.25) is 5.91 Å². The minimum Gasteiger partial charge on any atom is -0.497 e. The maximum Gasteiger partial charge on any atom is 0.221 e. The van der Waals surface area contributed by atoms with E-state index in [9.17, 15) is 9.59 Å². The smallest absolute Gasteiger partial charge is 0.221 e. The molecule has 0 bridgehead atoms. The fourth-order valence-corrected chi connectivity index (χ4v) is 2.65. The van der Waals surface area contributed by atoms with Crippen LogP contribution in [0.4, 0.5) is 5.69 Å². The van der Waals surface area contributed by atoms with Crippen LogP contribution in [-0.4, -0.2) is 23.8 Å². The molecule has 2 N–H and O–H groups in total. The minimum absolute atomic E-state index is 0.0823. The summed E-state index contributed by atoms with van der Waals surface area (Å²) in [5, 5.41) is 2.73. The normalized spacial score (nSPS) is 10.3. The van der Waals surface area contributed by atoms with Crippen LogP contribution >= 0.6 is 0 Å². The highest BCUT2D eigenvalue weighted by Gasteiger charge is 2.16. The van der Waals surface area contributed by atoms with Gasteiger partial charge >= 0.3 is 0 Å². The van der Waals surface area contributed by atoms with Crippen molar-refractivity contribution in [1.82, 2.24) is 4.98 Å². The molecule has 1 aromatic heterocycles. The van der Waals surface area contributed by atoms with E-state index in [4.69, 9.17) is 4.74 Å². The van der Waals surface area contributed by atoms with Crippen LogP contribution in [0.25, 0.3) is 11.1 Å². The lowest BCUT2D eigenvalue weighted by Crippen LogP contribution is -2.05. The molecule has 0 unspecified atom stereocenters. The third-order valence-corrected chi connectivity index (χ3v) is 3.84. The van der Waals surface area contributed by atoms with Gasteiger partial charge in [0, 0.05) is 41.7 Å². The lowest BCUT2D eigenvalue weighted by Gasteiger charge is -2.07. The number of ether oxygens (including phenoxy) is 1. The van der Waals surface area contributed by atoms with Gasteiger partial charge in [-0.2, -0.15) is 0 Å². The Hall–Kier alpha value is -3.34. The van der Waals surface area contributed by atoms with Gasteiger partial charge in [0.05, 0.1) is 7.11 Å². The largest absolute Gasteiger partial charge is 0.497 e. The van der Waals surface area contributed by atoms with Gasteiger partial charge in [0.1, 0.15) is 5.75 Å². The predicted octanol–water partition coefficient (Wildman–Crippen LogP) is 3.88. The van der Waals surface area contributed by atoms with Crippen LogP contribution in [-0.2, 0) is 4.79 Å². The first-order chi connectivity index (χ1) is 12.1. The average Bonchev–Trinajstić information content (AvgIpc) is 3.11. The van der Waals surface area contributed by atoms with Crippen molar-refractivity contribution in [2.75, 3.05) is 12.4 Å². The predicted molar refractivity (Wildman–Crippen MR) is 97.0 cm³/mol. The Morgan fingerprint density at radius 3 is 2.48 bits per heavy atom. The Labute approximate surface area is 145 Å². The van der Waals surface area contributed by atoms with Crippen molar-refractivity contribution < 1.29 is 14.3 Å². The molecule has 0 spiro atoms. The van der Waals surface area contributed by atoms with Crippen molar-refractivity contribution in [3.05, 3.63) is 72.1 Å². The molecule has 126 valence electrons. The Morgan fingerprint density at radius 1 is 1.04 bits per heavy atom. The highest BCUT2D eigenvalue weighted by atomic mass is 16.5. The summed E-state index contributed by atoms with van der Waals surface area (Å²) in [6.07, 6.45) is 3.49. The molecular formula is C20H18N2O3. The Bertz CT molecular complexity index is 911. The van der Waals surface area contributed by atoms with Crippen LogP contribution in [0.3, 0.4) is 0 Å². The lowest BCUT2D eigenvalue weighted by atomic mass is 9.98. The van der Waals surface area contributed by atoms with E-state index >= 15 is 0 Å². The molecule has 0 radical (unpaired) electrons. The van der Waals surface area contributed by atoms with E-state index in [0.29, 0.717) is 22.6 Å². The summed E-state index contributed by atoms with van der Waals surface area (Å²) >= 11 is 0. The number of amides is 1. The molecule has 2 aromatic carbocycles. The summed E-state index contributed by atoms with van der Waals surface area (Å²) in [4.78, 5) is 27.0. The quantitative estimate of drug-likeness (QED) is 0.696. The van der Waals surface area contributed by atoms with Crippen molar-refractivity contribution >= 4 is 17.4 Å². The molecule has 25 heavy (non-hydrogen) atoms. The van der Waals surface area contributed by atoms with Gasteiger partial charge in [-0.3, -0.25) is 9.59 Å². The lowest BCUT2D eigenvalue weighted by molar-refractivity contribution is -0.114. The molecule has 0 aliphatic carbocycles. The summed E-state index contributed by atoms with van der Waals surface area (Å²) < 4.78 is 5.19. The van der Waals surface area contributed by atoms with Crippen LogP contribution in [0.5, 0.6) is 5.75 Å². The summed E-state index contributed by atoms with van der Waals surface area (Å²) in [7, 11) is 1.57. The van der Waals surface area contributed by atoms with Gasteiger partial charge in [0.15, 0.2) is 5.78 Å².